The van der Waals surface area contributed by atoms with Crippen molar-refractivity contribution in [3.05, 3.63) is 14.5 Å². The highest BCUT2D eigenvalue weighted by Crippen LogP contribution is 2.24. The zero-order chi connectivity index (χ0) is 10.3. The molecule has 0 saturated carbocycles. The van der Waals surface area contributed by atoms with E-state index in [1.54, 1.807) is 0 Å². The molecule has 1 aromatic heterocycles. The van der Waals surface area contributed by atoms with Gasteiger partial charge in [-0.2, -0.15) is 4.31 Å². The Morgan fingerprint density at radius 2 is 2.29 bits per heavy atom. The molecule has 0 radical (unpaired) electrons. The van der Waals surface area contributed by atoms with E-state index in [-0.39, 0.29) is 0 Å². The topological polar surface area (TPSA) is 53.2 Å². The van der Waals surface area contributed by atoms with Gasteiger partial charge in [-0.05, 0) is 12.2 Å². The van der Waals surface area contributed by atoms with Crippen molar-refractivity contribution in [3.63, 3.8) is 0 Å². The van der Waals surface area contributed by atoms with Crippen LogP contribution in [0.4, 0.5) is 0 Å². The van der Waals surface area contributed by atoms with E-state index in [0.29, 0.717) is 13.1 Å². The zero-order valence-corrected chi connectivity index (χ0v) is 10.1. The third kappa shape index (κ3) is 1.90. The lowest BCUT2D eigenvalue weighted by molar-refractivity contribution is 0.396. The Bertz CT molecular complexity index is 499. The summed E-state index contributed by atoms with van der Waals surface area (Å²) in [5.41, 5.74) is 1.10. The van der Waals surface area contributed by atoms with Crippen molar-refractivity contribution in [2.75, 3.05) is 12.8 Å². The van der Waals surface area contributed by atoms with Gasteiger partial charge in [0.05, 0.1) is 6.26 Å². The molecule has 0 amide bonds. The van der Waals surface area contributed by atoms with E-state index in [9.17, 15) is 8.42 Å². The van der Waals surface area contributed by atoms with Crippen LogP contribution in [0.15, 0.2) is 0 Å². The lowest BCUT2D eigenvalue weighted by Crippen LogP contribution is -2.34. The Labute approximate surface area is 91.6 Å². The molecule has 1 aromatic rings. The van der Waals surface area contributed by atoms with Crippen molar-refractivity contribution in [1.82, 2.24) is 9.29 Å². The molecule has 1 N–H and O–H groups in total. The number of H-pyrrole nitrogens is 1. The number of sulfonamides is 1. The summed E-state index contributed by atoms with van der Waals surface area (Å²) in [6.45, 7) is 1.01. The quantitative estimate of drug-likeness (QED) is 0.760. The standard InChI is InChI=1S/C7H10N2O2S3/c1-14(10,11)9-3-2-5-6(4-9)13-7(12)8-5/h2-4H2,1H3,(H,8,12). The van der Waals surface area contributed by atoms with E-state index < -0.39 is 10.0 Å². The highest BCUT2D eigenvalue weighted by atomic mass is 32.2. The summed E-state index contributed by atoms with van der Waals surface area (Å²) >= 11 is 6.47. The van der Waals surface area contributed by atoms with Gasteiger partial charge in [-0.3, -0.25) is 0 Å². The molecular formula is C7H10N2O2S3. The Hall–Kier alpha value is -0.240. The third-order valence-electron chi connectivity index (χ3n) is 2.21. The van der Waals surface area contributed by atoms with Gasteiger partial charge in [0.1, 0.15) is 0 Å². The van der Waals surface area contributed by atoms with Crippen LogP contribution >= 0.6 is 23.6 Å². The lowest BCUT2D eigenvalue weighted by Gasteiger charge is -2.23. The molecule has 14 heavy (non-hydrogen) atoms. The summed E-state index contributed by atoms with van der Waals surface area (Å²) in [4.78, 5) is 4.13. The largest absolute Gasteiger partial charge is 0.341 e. The molecule has 0 aromatic carbocycles. The molecule has 0 spiro atoms. The predicted molar refractivity (Wildman–Crippen MR) is 58.5 cm³/mol. The number of nitrogens with zero attached hydrogens (tertiary/aromatic N) is 1. The molecule has 4 nitrogen and oxygen atoms in total. The van der Waals surface area contributed by atoms with E-state index in [0.717, 1.165) is 20.9 Å². The summed E-state index contributed by atoms with van der Waals surface area (Å²) in [6, 6.07) is 0. The van der Waals surface area contributed by atoms with Crippen molar-refractivity contribution in [2.24, 2.45) is 0 Å². The first-order valence-corrected chi connectivity index (χ1v) is 7.20. The van der Waals surface area contributed by atoms with Gasteiger partial charge in [-0.15, -0.1) is 11.3 Å². The van der Waals surface area contributed by atoms with Gasteiger partial charge in [-0.1, -0.05) is 0 Å². The van der Waals surface area contributed by atoms with Gasteiger partial charge in [0.15, 0.2) is 3.95 Å². The van der Waals surface area contributed by atoms with Crippen LogP contribution in [0.25, 0.3) is 0 Å². The normalized spacial score (nSPS) is 18.1. The Morgan fingerprint density at radius 1 is 1.57 bits per heavy atom. The Kier molecular flexibility index (Phi) is 2.50. The van der Waals surface area contributed by atoms with Gasteiger partial charge in [0.2, 0.25) is 10.0 Å². The maximum atomic E-state index is 11.3. The van der Waals surface area contributed by atoms with E-state index in [2.05, 4.69) is 4.98 Å². The number of fused-ring (bicyclic) bond motifs is 1. The van der Waals surface area contributed by atoms with E-state index >= 15 is 0 Å². The van der Waals surface area contributed by atoms with Crippen LogP contribution in [0.1, 0.15) is 10.6 Å². The van der Waals surface area contributed by atoms with E-state index in [1.165, 1.54) is 21.9 Å². The van der Waals surface area contributed by atoms with Crippen molar-refractivity contribution in [1.29, 1.82) is 0 Å². The van der Waals surface area contributed by atoms with Crippen LogP contribution in [0, 0.1) is 3.95 Å². The van der Waals surface area contributed by atoms with Gasteiger partial charge < -0.3 is 4.98 Å². The monoisotopic (exact) mass is 250 g/mol. The molecule has 78 valence electrons. The molecule has 7 heteroatoms. The number of aromatic amines is 1. The molecular weight excluding hydrogens is 240 g/mol. The van der Waals surface area contributed by atoms with Crippen LogP contribution in [-0.2, 0) is 23.0 Å². The minimum atomic E-state index is -3.07. The van der Waals surface area contributed by atoms with Crippen LogP contribution in [0.3, 0.4) is 0 Å². The first-order chi connectivity index (χ1) is 6.47. The number of hydrogen-bond acceptors (Lipinski definition) is 4. The molecule has 1 aliphatic rings. The summed E-state index contributed by atoms with van der Waals surface area (Å²) in [5.74, 6) is 0. The maximum Gasteiger partial charge on any atom is 0.211 e. The molecule has 1 aliphatic heterocycles. The molecule has 0 bridgehead atoms. The van der Waals surface area contributed by atoms with Gasteiger partial charge in [0.25, 0.3) is 0 Å². The minimum Gasteiger partial charge on any atom is -0.341 e. The number of hydrogen-bond donors (Lipinski definition) is 1. The first-order valence-electron chi connectivity index (χ1n) is 4.13. The Balaban J connectivity index is 2.34. The van der Waals surface area contributed by atoms with E-state index in [4.69, 9.17) is 12.2 Å². The number of aromatic nitrogens is 1. The first kappa shape index (κ1) is 10.3. The molecule has 2 rings (SSSR count). The average Bonchev–Trinajstić information content (AvgIpc) is 2.41. The summed E-state index contributed by atoms with van der Waals surface area (Å²) in [6.07, 6.45) is 1.97. The van der Waals surface area contributed by atoms with Crippen molar-refractivity contribution >= 4 is 33.6 Å². The fraction of sp³-hybridized carbons (Fsp3) is 0.571. The fourth-order valence-electron chi connectivity index (χ4n) is 1.48. The van der Waals surface area contributed by atoms with Gasteiger partial charge in [0, 0.05) is 30.1 Å². The molecule has 0 fully saturated rings. The zero-order valence-electron chi connectivity index (χ0n) is 7.61. The van der Waals surface area contributed by atoms with Crippen LogP contribution in [0.2, 0.25) is 0 Å². The SMILES string of the molecule is CS(=O)(=O)N1CCc2[nH]c(=S)sc2C1. The lowest BCUT2D eigenvalue weighted by atomic mass is 10.2. The summed E-state index contributed by atoms with van der Waals surface area (Å²) in [7, 11) is -3.07. The predicted octanol–water partition coefficient (Wildman–Crippen LogP) is 1.12. The molecule has 0 saturated heterocycles. The number of thiazole rings is 1. The van der Waals surface area contributed by atoms with Gasteiger partial charge >= 0.3 is 0 Å². The molecule has 2 heterocycles. The number of nitrogens with one attached hydrogen (secondary N) is 1. The Morgan fingerprint density at radius 3 is 2.93 bits per heavy atom. The van der Waals surface area contributed by atoms with Crippen LogP contribution < -0.4 is 0 Å². The third-order valence-corrected chi connectivity index (χ3v) is 4.72. The van der Waals surface area contributed by atoms with Crippen LogP contribution in [-0.4, -0.2) is 30.5 Å². The summed E-state index contributed by atoms with van der Waals surface area (Å²) in [5, 5.41) is 0. The highest BCUT2D eigenvalue weighted by Gasteiger charge is 2.24. The van der Waals surface area contributed by atoms with Crippen molar-refractivity contribution in [2.45, 2.75) is 13.0 Å². The second-order valence-electron chi connectivity index (χ2n) is 3.26. The maximum absolute atomic E-state index is 11.3. The van der Waals surface area contributed by atoms with Crippen molar-refractivity contribution in [3.8, 4) is 0 Å². The highest BCUT2D eigenvalue weighted by molar-refractivity contribution is 7.88. The van der Waals surface area contributed by atoms with Crippen LogP contribution in [0.5, 0.6) is 0 Å². The minimum absolute atomic E-state index is 0.464. The average molecular weight is 250 g/mol. The second kappa shape index (κ2) is 3.41. The fourth-order valence-corrected chi connectivity index (χ4v) is 3.67. The molecule has 0 unspecified atom stereocenters. The van der Waals surface area contributed by atoms with Crippen molar-refractivity contribution < 1.29 is 8.42 Å². The smallest absolute Gasteiger partial charge is 0.211 e. The van der Waals surface area contributed by atoms with Gasteiger partial charge in [-0.25, -0.2) is 8.42 Å². The number of rotatable bonds is 1. The van der Waals surface area contributed by atoms with E-state index in [1.807, 2.05) is 0 Å². The molecule has 0 aliphatic carbocycles. The summed E-state index contributed by atoms with van der Waals surface area (Å²) < 4.78 is 24.8. The molecule has 0 atom stereocenters. The second-order valence-corrected chi connectivity index (χ2v) is 7.02.